The molecule has 1 aromatic heterocycles. The average molecular weight is 213 g/mol. The van der Waals surface area contributed by atoms with Crippen molar-refractivity contribution in [2.45, 2.75) is 25.8 Å². The van der Waals surface area contributed by atoms with Gasteiger partial charge in [-0.2, -0.15) is 16.7 Å². The van der Waals surface area contributed by atoms with E-state index in [0.717, 1.165) is 12.3 Å². The fourth-order valence-electron chi connectivity index (χ4n) is 1.53. The van der Waals surface area contributed by atoms with E-state index < -0.39 is 0 Å². The van der Waals surface area contributed by atoms with Crippen LogP contribution in [-0.4, -0.2) is 21.6 Å². The molecule has 2 heterocycles. The SMILES string of the molecule is CC(N)c1noc(CC2CCSC2)n1. The first-order valence-electron chi connectivity index (χ1n) is 4.91. The molecule has 2 rings (SSSR count). The molecular weight excluding hydrogens is 198 g/mol. The molecule has 2 unspecified atom stereocenters. The van der Waals surface area contributed by atoms with Crippen molar-refractivity contribution in [3.63, 3.8) is 0 Å². The minimum atomic E-state index is -0.134. The van der Waals surface area contributed by atoms with Crippen molar-refractivity contribution in [2.24, 2.45) is 11.7 Å². The maximum Gasteiger partial charge on any atom is 0.227 e. The Balaban J connectivity index is 1.95. The lowest BCUT2D eigenvalue weighted by atomic mass is 10.1. The van der Waals surface area contributed by atoms with Gasteiger partial charge in [0.15, 0.2) is 5.82 Å². The van der Waals surface area contributed by atoms with Gasteiger partial charge in [-0.15, -0.1) is 0 Å². The summed E-state index contributed by atoms with van der Waals surface area (Å²) in [6.07, 6.45) is 2.17. The predicted molar refractivity (Wildman–Crippen MR) is 56.0 cm³/mol. The monoisotopic (exact) mass is 213 g/mol. The summed E-state index contributed by atoms with van der Waals surface area (Å²) in [4.78, 5) is 4.26. The number of hydrogen-bond donors (Lipinski definition) is 1. The Morgan fingerprint density at radius 3 is 3.14 bits per heavy atom. The van der Waals surface area contributed by atoms with Gasteiger partial charge in [-0.1, -0.05) is 5.16 Å². The van der Waals surface area contributed by atoms with Gasteiger partial charge in [0.1, 0.15) is 0 Å². The Hall–Kier alpha value is -0.550. The van der Waals surface area contributed by atoms with Crippen molar-refractivity contribution in [1.29, 1.82) is 0 Å². The molecule has 1 saturated heterocycles. The summed E-state index contributed by atoms with van der Waals surface area (Å²) in [7, 11) is 0. The zero-order valence-corrected chi connectivity index (χ0v) is 9.09. The zero-order valence-electron chi connectivity index (χ0n) is 8.27. The summed E-state index contributed by atoms with van der Waals surface area (Å²) in [5.41, 5.74) is 5.65. The average Bonchev–Trinajstić information content (AvgIpc) is 2.75. The highest BCUT2D eigenvalue weighted by atomic mass is 32.2. The lowest BCUT2D eigenvalue weighted by Crippen LogP contribution is -2.07. The molecule has 0 saturated carbocycles. The molecule has 0 aliphatic carbocycles. The molecular formula is C9H15N3OS. The fraction of sp³-hybridized carbons (Fsp3) is 0.778. The molecule has 1 aliphatic heterocycles. The van der Waals surface area contributed by atoms with Gasteiger partial charge >= 0.3 is 0 Å². The van der Waals surface area contributed by atoms with E-state index in [2.05, 4.69) is 10.1 Å². The van der Waals surface area contributed by atoms with Crippen LogP contribution >= 0.6 is 11.8 Å². The minimum absolute atomic E-state index is 0.134. The van der Waals surface area contributed by atoms with Crippen LogP contribution in [0.4, 0.5) is 0 Å². The van der Waals surface area contributed by atoms with Crippen molar-refractivity contribution in [2.75, 3.05) is 11.5 Å². The third-order valence-electron chi connectivity index (χ3n) is 2.38. The van der Waals surface area contributed by atoms with E-state index in [-0.39, 0.29) is 6.04 Å². The highest BCUT2D eigenvalue weighted by molar-refractivity contribution is 7.99. The van der Waals surface area contributed by atoms with Gasteiger partial charge in [0.05, 0.1) is 6.04 Å². The summed E-state index contributed by atoms with van der Waals surface area (Å²) in [5, 5.41) is 3.84. The van der Waals surface area contributed by atoms with Crippen LogP contribution in [0, 0.1) is 5.92 Å². The van der Waals surface area contributed by atoms with Crippen LogP contribution in [0.5, 0.6) is 0 Å². The van der Waals surface area contributed by atoms with E-state index in [0.29, 0.717) is 11.7 Å². The van der Waals surface area contributed by atoms with Gasteiger partial charge in [0, 0.05) is 6.42 Å². The molecule has 2 atom stereocenters. The van der Waals surface area contributed by atoms with Crippen molar-refractivity contribution >= 4 is 11.8 Å². The van der Waals surface area contributed by atoms with E-state index in [9.17, 15) is 0 Å². The molecule has 2 N–H and O–H groups in total. The Morgan fingerprint density at radius 2 is 2.57 bits per heavy atom. The molecule has 4 nitrogen and oxygen atoms in total. The predicted octanol–water partition coefficient (Wildman–Crippen LogP) is 1.38. The van der Waals surface area contributed by atoms with Crippen molar-refractivity contribution < 1.29 is 4.52 Å². The number of hydrogen-bond acceptors (Lipinski definition) is 5. The molecule has 78 valence electrons. The number of aromatic nitrogens is 2. The second-order valence-electron chi connectivity index (χ2n) is 3.77. The van der Waals surface area contributed by atoms with Crippen LogP contribution in [0.3, 0.4) is 0 Å². The first-order chi connectivity index (χ1) is 6.75. The topological polar surface area (TPSA) is 64.9 Å². The summed E-state index contributed by atoms with van der Waals surface area (Å²) in [5.74, 6) is 4.55. The van der Waals surface area contributed by atoms with Crippen molar-refractivity contribution in [3.05, 3.63) is 11.7 Å². The van der Waals surface area contributed by atoms with Gasteiger partial charge in [-0.3, -0.25) is 0 Å². The van der Waals surface area contributed by atoms with Crippen LogP contribution in [-0.2, 0) is 6.42 Å². The summed E-state index contributed by atoms with van der Waals surface area (Å²) in [6, 6.07) is -0.134. The largest absolute Gasteiger partial charge is 0.339 e. The van der Waals surface area contributed by atoms with Crippen LogP contribution < -0.4 is 5.73 Å². The normalized spacial score (nSPS) is 24.0. The highest BCUT2D eigenvalue weighted by Gasteiger charge is 2.19. The number of rotatable bonds is 3. The van der Waals surface area contributed by atoms with Crippen LogP contribution in [0.2, 0.25) is 0 Å². The van der Waals surface area contributed by atoms with E-state index in [1.807, 2.05) is 18.7 Å². The van der Waals surface area contributed by atoms with Gasteiger partial charge in [-0.25, -0.2) is 0 Å². The molecule has 0 radical (unpaired) electrons. The zero-order chi connectivity index (χ0) is 9.97. The van der Waals surface area contributed by atoms with Crippen LogP contribution in [0.25, 0.3) is 0 Å². The van der Waals surface area contributed by atoms with Crippen molar-refractivity contribution in [1.82, 2.24) is 10.1 Å². The first-order valence-corrected chi connectivity index (χ1v) is 6.07. The van der Waals surface area contributed by atoms with E-state index >= 15 is 0 Å². The van der Waals surface area contributed by atoms with Crippen LogP contribution in [0.1, 0.15) is 31.1 Å². The molecule has 0 aromatic carbocycles. The Morgan fingerprint density at radius 1 is 1.71 bits per heavy atom. The molecule has 1 aromatic rings. The maximum absolute atomic E-state index is 5.65. The van der Waals surface area contributed by atoms with Gasteiger partial charge in [0.25, 0.3) is 0 Å². The van der Waals surface area contributed by atoms with Crippen molar-refractivity contribution in [3.8, 4) is 0 Å². The Labute approximate surface area is 87.6 Å². The number of nitrogens with zero attached hydrogens (tertiary/aromatic N) is 2. The number of thioether (sulfide) groups is 1. The molecule has 14 heavy (non-hydrogen) atoms. The molecule has 0 amide bonds. The quantitative estimate of drug-likeness (QED) is 0.821. The summed E-state index contributed by atoms with van der Waals surface area (Å²) in [6.45, 7) is 1.86. The van der Waals surface area contributed by atoms with E-state index in [1.165, 1.54) is 17.9 Å². The summed E-state index contributed by atoms with van der Waals surface area (Å²) >= 11 is 2.00. The minimum Gasteiger partial charge on any atom is -0.339 e. The molecule has 1 fully saturated rings. The van der Waals surface area contributed by atoms with Gasteiger partial charge in [-0.05, 0) is 30.8 Å². The fourth-order valence-corrected chi connectivity index (χ4v) is 2.81. The lowest BCUT2D eigenvalue weighted by molar-refractivity contribution is 0.353. The standard InChI is InChI=1S/C9H15N3OS/c1-6(10)9-11-8(13-12-9)4-7-2-3-14-5-7/h6-7H,2-5,10H2,1H3. The number of nitrogens with two attached hydrogens (primary N) is 1. The third-order valence-corrected chi connectivity index (χ3v) is 3.61. The molecule has 5 heteroatoms. The van der Waals surface area contributed by atoms with E-state index in [1.54, 1.807) is 0 Å². The summed E-state index contributed by atoms with van der Waals surface area (Å²) < 4.78 is 5.14. The Kier molecular flexibility index (Phi) is 3.08. The molecule has 1 aliphatic rings. The van der Waals surface area contributed by atoms with E-state index in [4.69, 9.17) is 10.3 Å². The second kappa shape index (κ2) is 4.31. The maximum atomic E-state index is 5.65. The first kappa shape index (κ1) is 9.98. The smallest absolute Gasteiger partial charge is 0.227 e. The van der Waals surface area contributed by atoms with Gasteiger partial charge in [0.2, 0.25) is 5.89 Å². The van der Waals surface area contributed by atoms with Crippen LogP contribution in [0.15, 0.2) is 4.52 Å². The molecule has 0 bridgehead atoms. The lowest BCUT2D eigenvalue weighted by Gasteiger charge is -2.01. The molecule has 0 spiro atoms. The third kappa shape index (κ3) is 2.27. The second-order valence-corrected chi connectivity index (χ2v) is 4.92. The Bertz CT molecular complexity index is 294. The highest BCUT2D eigenvalue weighted by Crippen LogP contribution is 2.26. The van der Waals surface area contributed by atoms with Gasteiger partial charge < -0.3 is 10.3 Å².